The van der Waals surface area contributed by atoms with Gasteiger partial charge in [0.05, 0.1) is 14.1 Å². The fourth-order valence-corrected chi connectivity index (χ4v) is 0.779. The predicted octanol–water partition coefficient (Wildman–Crippen LogP) is -3.17. The predicted molar refractivity (Wildman–Crippen MR) is 61.7 cm³/mol. The maximum Gasteiger partial charge on any atom is 0.303 e. The molecule has 0 amide bonds. The summed E-state index contributed by atoms with van der Waals surface area (Å²) in [7, 11) is 3.78. The first-order valence-corrected chi connectivity index (χ1v) is 5.03. The van der Waals surface area contributed by atoms with Crippen LogP contribution in [0.5, 0.6) is 0 Å². The van der Waals surface area contributed by atoms with E-state index >= 15 is 0 Å². The molecule has 0 aliphatic heterocycles. The van der Waals surface area contributed by atoms with Crippen molar-refractivity contribution in [1.82, 2.24) is 16.2 Å². The Morgan fingerprint density at radius 3 is 1.85 bits per heavy atom. The van der Waals surface area contributed by atoms with Crippen molar-refractivity contribution < 1.29 is 4.99 Å². The van der Waals surface area contributed by atoms with Gasteiger partial charge in [0.15, 0.2) is 5.11 Å². The van der Waals surface area contributed by atoms with Crippen molar-refractivity contribution in [3.05, 3.63) is 0 Å². The zero-order valence-electron chi connectivity index (χ0n) is 7.97. The lowest BCUT2D eigenvalue weighted by Gasteiger charge is -1.95. The summed E-state index contributed by atoms with van der Waals surface area (Å²) in [5, 5.41) is 4.30. The maximum atomic E-state index is 4.75. The summed E-state index contributed by atoms with van der Waals surface area (Å²) < 4.78 is 0. The quantitative estimate of drug-likeness (QED) is 0.0850. The first-order valence-electron chi connectivity index (χ1n) is 3.39. The summed E-state index contributed by atoms with van der Waals surface area (Å²) in [6.07, 6.45) is 2.02. The van der Waals surface area contributed by atoms with E-state index in [4.69, 9.17) is 11.7 Å². The molecule has 0 saturated heterocycles. The molecule has 0 radical (unpaired) electrons. The second kappa shape index (κ2) is 11.4. The molecule has 78 valence electrons. The van der Waals surface area contributed by atoms with Gasteiger partial charge in [-0.3, -0.25) is 21.2 Å². The number of thiocarbonyl (C=S) groups is 1. The third-order valence-electron chi connectivity index (χ3n) is 0.920. The average Bonchev–Trinajstić information content (AvgIpc) is 2.20. The van der Waals surface area contributed by atoms with Gasteiger partial charge in [0.25, 0.3) is 0 Å². The van der Waals surface area contributed by atoms with Gasteiger partial charge in [0, 0.05) is 0 Å². The molecular formula is C5H17N6S2+. The highest BCUT2D eigenvalue weighted by atomic mass is 32.2. The summed E-state index contributed by atoms with van der Waals surface area (Å²) in [5.41, 5.74) is 4.22. The van der Waals surface area contributed by atoms with E-state index in [1.165, 1.54) is 0 Å². The maximum absolute atomic E-state index is 4.75. The average molecular weight is 225 g/mol. The number of rotatable bonds is 0. The highest BCUT2D eigenvalue weighted by Crippen LogP contribution is 1.83. The Labute approximate surface area is 87.9 Å². The molecule has 0 atom stereocenters. The number of nitrogens with one attached hydrogen (secondary N) is 4. The van der Waals surface area contributed by atoms with E-state index in [1.54, 1.807) is 11.8 Å². The molecular weight excluding hydrogens is 208 g/mol. The molecule has 0 aromatic rings. The molecule has 0 unspecified atom stereocenters. The number of hydrogen-bond acceptors (Lipinski definition) is 4. The van der Waals surface area contributed by atoms with Gasteiger partial charge in [0.2, 0.25) is 0 Å². The van der Waals surface area contributed by atoms with Crippen LogP contribution < -0.4 is 32.8 Å². The smallest absolute Gasteiger partial charge is 0.300 e. The van der Waals surface area contributed by atoms with Crippen LogP contribution in [0.25, 0.3) is 0 Å². The van der Waals surface area contributed by atoms with E-state index in [0.29, 0.717) is 0 Å². The Kier molecular flexibility index (Phi) is 13.1. The van der Waals surface area contributed by atoms with Gasteiger partial charge in [-0.2, -0.15) is 0 Å². The minimum atomic E-state index is 0.231. The van der Waals surface area contributed by atoms with Crippen molar-refractivity contribution in [3.8, 4) is 0 Å². The molecule has 0 rings (SSSR count). The molecule has 6 nitrogen and oxygen atoms in total. The lowest BCUT2D eigenvalue weighted by molar-refractivity contribution is -0.418. The molecule has 13 heavy (non-hydrogen) atoms. The van der Waals surface area contributed by atoms with Crippen LogP contribution in [0, 0.1) is 0 Å². The second-order valence-corrected chi connectivity index (χ2v) is 2.88. The molecule has 0 bridgehead atoms. The molecule has 0 heterocycles. The van der Waals surface area contributed by atoms with Crippen LogP contribution >= 0.6 is 24.0 Å². The molecule has 0 saturated carbocycles. The zero-order chi connectivity index (χ0) is 10.7. The van der Waals surface area contributed by atoms with Crippen LogP contribution in [0.2, 0.25) is 0 Å². The molecule has 0 aromatic carbocycles. The number of hydrogen-bond donors (Lipinski definition) is 6. The van der Waals surface area contributed by atoms with Gasteiger partial charge in [-0.05, 0) is 30.2 Å². The van der Waals surface area contributed by atoms with Crippen molar-refractivity contribution in [2.45, 2.75) is 0 Å². The standard InChI is InChI=1S/C4H10N2S.CH6N4S/c1-5-4(6-2)7-3;2-4-1(6)5-3/h1-3H3,(H,5,6);2-3H2,(H2,4,5,6)/p+1. The topological polar surface area (TPSA) is 102 Å². The highest BCUT2D eigenvalue weighted by molar-refractivity contribution is 8.12. The molecule has 0 spiro atoms. The number of hydrazine groups is 2. The van der Waals surface area contributed by atoms with Crippen LogP contribution in [0.4, 0.5) is 0 Å². The molecule has 0 aliphatic rings. The molecule has 0 aromatic heterocycles. The summed E-state index contributed by atoms with van der Waals surface area (Å²) in [6, 6.07) is 0. The summed E-state index contributed by atoms with van der Waals surface area (Å²) in [5.74, 6) is 9.50. The minimum absolute atomic E-state index is 0.231. The van der Waals surface area contributed by atoms with Crippen LogP contribution in [-0.2, 0) is 0 Å². The first kappa shape index (κ1) is 14.9. The Hall–Kier alpha value is -0.570. The lowest BCUT2D eigenvalue weighted by Crippen LogP contribution is -2.70. The number of amidine groups is 1. The third-order valence-corrected chi connectivity index (χ3v) is 1.97. The summed E-state index contributed by atoms with van der Waals surface area (Å²) in [6.45, 7) is 0. The van der Waals surface area contributed by atoms with Crippen molar-refractivity contribution in [2.24, 2.45) is 11.7 Å². The Morgan fingerprint density at radius 1 is 1.38 bits per heavy atom. The normalized spacial score (nSPS) is 9.46. The minimum Gasteiger partial charge on any atom is -0.300 e. The SMILES string of the molecule is CNC(=[NH+]C)SC.NNC(=S)NN. The molecule has 0 fully saturated rings. The van der Waals surface area contributed by atoms with E-state index in [0.717, 1.165) is 5.17 Å². The highest BCUT2D eigenvalue weighted by Gasteiger charge is 1.92. The first-order chi connectivity index (χ1) is 6.15. The Bertz CT molecular complexity index is 147. The van der Waals surface area contributed by atoms with Crippen molar-refractivity contribution in [3.63, 3.8) is 0 Å². The number of nitrogens with two attached hydrogens (primary N) is 2. The van der Waals surface area contributed by atoms with Crippen molar-refractivity contribution in [1.29, 1.82) is 0 Å². The van der Waals surface area contributed by atoms with E-state index < -0.39 is 0 Å². The summed E-state index contributed by atoms with van der Waals surface area (Å²) in [4.78, 5) is 2.97. The Balaban J connectivity index is 0. The fraction of sp³-hybridized carbons (Fsp3) is 0.600. The monoisotopic (exact) mass is 225 g/mol. The lowest BCUT2D eigenvalue weighted by atomic mass is 11.1. The van der Waals surface area contributed by atoms with Crippen molar-refractivity contribution >= 4 is 34.3 Å². The third kappa shape index (κ3) is 11.4. The van der Waals surface area contributed by atoms with E-state index in [1.807, 2.05) is 20.4 Å². The second-order valence-electron chi connectivity index (χ2n) is 1.65. The van der Waals surface area contributed by atoms with Gasteiger partial charge in [-0.1, -0.05) is 0 Å². The van der Waals surface area contributed by atoms with Crippen LogP contribution in [0.1, 0.15) is 0 Å². The zero-order valence-corrected chi connectivity index (χ0v) is 9.60. The van der Waals surface area contributed by atoms with E-state index in [9.17, 15) is 0 Å². The Morgan fingerprint density at radius 2 is 1.85 bits per heavy atom. The van der Waals surface area contributed by atoms with Gasteiger partial charge in [0.1, 0.15) is 0 Å². The molecule has 8 heteroatoms. The molecule has 0 aliphatic carbocycles. The van der Waals surface area contributed by atoms with E-state index in [-0.39, 0.29) is 5.11 Å². The van der Waals surface area contributed by atoms with Gasteiger partial charge < -0.3 is 0 Å². The number of thioether (sulfide) groups is 1. The van der Waals surface area contributed by atoms with Crippen LogP contribution in [0.15, 0.2) is 0 Å². The van der Waals surface area contributed by atoms with Gasteiger partial charge in [-0.15, -0.1) is 0 Å². The fourth-order valence-electron chi connectivity index (χ4n) is 0.371. The largest absolute Gasteiger partial charge is 0.303 e. The van der Waals surface area contributed by atoms with Crippen LogP contribution in [-0.4, -0.2) is 30.6 Å². The van der Waals surface area contributed by atoms with Gasteiger partial charge in [-0.25, -0.2) is 11.7 Å². The van der Waals surface area contributed by atoms with Gasteiger partial charge >= 0.3 is 5.17 Å². The van der Waals surface area contributed by atoms with E-state index in [2.05, 4.69) is 33.4 Å². The van der Waals surface area contributed by atoms with Crippen molar-refractivity contribution in [2.75, 3.05) is 20.4 Å². The van der Waals surface area contributed by atoms with Crippen LogP contribution in [0.3, 0.4) is 0 Å². The summed E-state index contributed by atoms with van der Waals surface area (Å²) >= 11 is 6.05. The molecule has 8 N–H and O–H groups in total.